The SMILES string of the molecule is C=CCCCCc1cc2ccccc2[nH]1. The minimum absolute atomic E-state index is 1.13. The first-order valence-corrected chi connectivity index (χ1v) is 5.57. The molecule has 0 atom stereocenters. The van der Waals surface area contributed by atoms with Crippen LogP contribution in [-0.2, 0) is 6.42 Å². The van der Waals surface area contributed by atoms with E-state index in [9.17, 15) is 0 Å². The van der Waals surface area contributed by atoms with E-state index in [1.54, 1.807) is 0 Å². The molecule has 1 N–H and O–H groups in total. The van der Waals surface area contributed by atoms with E-state index in [1.807, 2.05) is 6.08 Å². The number of hydrogen-bond donors (Lipinski definition) is 1. The smallest absolute Gasteiger partial charge is 0.0456 e. The van der Waals surface area contributed by atoms with Crippen LogP contribution in [0.15, 0.2) is 43.0 Å². The lowest BCUT2D eigenvalue weighted by molar-refractivity contribution is 0.739. The molecule has 2 rings (SSSR count). The molecule has 0 spiro atoms. The van der Waals surface area contributed by atoms with Crippen LogP contribution in [0, 0.1) is 0 Å². The molecular weight excluding hydrogens is 182 g/mol. The number of aryl methyl sites for hydroxylation is 1. The maximum Gasteiger partial charge on any atom is 0.0456 e. The standard InChI is InChI=1S/C14H17N/c1-2-3-4-5-9-13-11-12-8-6-7-10-14(12)15-13/h2,6-8,10-11,15H,1,3-5,9H2. The summed E-state index contributed by atoms with van der Waals surface area (Å²) in [4.78, 5) is 3.45. The lowest BCUT2D eigenvalue weighted by Gasteiger charge is -1.95. The minimum atomic E-state index is 1.13. The first-order valence-electron chi connectivity index (χ1n) is 5.57. The van der Waals surface area contributed by atoms with Gasteiger partial charge in [-0.05, 0) is 43.2 Å². The highest BCUT2D eigenvalue weighted by Gasteiger charge is 1.98. The second-order valence-electron chi connectivity index (χ2n) is 3.92. The van der Waals surface area contributed by atoms with Gasteiger partial charge < -0.3 is 4.98 Å². The van der Waals surface area contributed by atoms with Crippen LogP contribution < -0.4 is 0 Å². The van der Waals surface area contributed by atoms with E-state index < -0.39 is 0 Å². The molecule has 0 saturated carbocycles. The molecule has 2 aromatic rings. The number of unbranched alkanes of at least 4 members (excludes halogenated alkanes) is 2. The molecule has 0 aliphatic carbocycles. The maximum atomic E-state index is 3.73. The van der Waals surface area contributed by atoms with E-state index in [-0.39, 0.29) is 0 Å². The summed E-state index contributed by atoms with van der Waals surface area (Å²) in [6.45, 7) is 3.73. The summed E-state index contributed by atoms with van der Waals surface area (Å²) in [7, 11) is 0. The summed E-state index contributed by atoms with van der Waals surface area (Å²) in [5.74, 6) is 0. The van der Waals surface area contributed by atoms with Gasteiger partial charge in [0.15, 0.2) is 0 Å². The Bertz CT molecular complexity index is 406. The van der Waals surface area contributed by atoms with Crippen molar-refractivity contribution in [3.63, 3.8) is 0 Å². The number of para-hydroxylation sites is 1. The third kappa shape index (κ3) is 2.50. The predicted octanol–water partition coefficient (Wildman–Crippen LogP) is 4.07. The zero-order valence-corrected chi connectivity index (χ0v) is 9.00. The number of fused-ring (bicyclic) bond motifs is 1. The molecule has 0 aliphatic heterocycles. The van der Waals surface area contributed by atoms with Gasteiger partial charge in [0, 0.05) is 11.2 Å². The topological polar surface area (TPSA) is 15.8 Å². The molecule has 0 fully saturated rings. The Morgan fingerprint density at radius 3 is 2.87 bits per heavy atom. The fourth-order valence-corrected chi connectivity index (χ4v) is 1.87. The molecule has 0 saturated heterocycles. The van der Waals surface area contributed by atoms with Crippen LogP contribution in [0.2, 0.25) is 0 Å². The summed E-state index contributed by atoms with van der Waals surface area (Å²) in [5.41, 5.74) is 2.59. The van der Waals surface area contributed by atoms with Gasteiger partial charge in [0.1, 0.15) is 0 Å². The van der Waals surface area contributed by atoms with Gasteiger partial charge in [-0.2, -0.15) is 0 Å². The second kappa shape index (κ2) is 4.83. The van der Waals surface area contributed by atoms with Crippen LogP contribution in [0.25, 0.3) is 10.9 Å². The largest absolute Gasteiger partial charge is 0.358 e. The van der Waals surface area contributed by atoms with Crippen molar-refractivity contribution in [3.05, 3.63) is 48.7 Å². The van der Waals surface area contributed by atoms with E-state index in [0.717, 1.165) is 12.8 Å². The first-order chi connectivity index (χ1) is 7.40. The lowest BCUT2D eigenvalue weighted by atomic mass is 10.1. The Balaban J connectivity index is 1.99. The molecule has 0 unspecified atom stereocenters. The van der Waals surface area contributed by atoms with Crippen LogP contribution in [0.4, 0.5) is 0 Å². The summed E-state index contributed by atoms with van der Waals surface area (Å²) < 4.78 is 0. The van der Waals surface area contributed by atoms with Crippen molar-refractivity contribution in [2.45, 2.75) is 25.7 Å². The molecule has 1 aromatic heterocycles. The fourth-order valence-electron chi connectivity index (χ4n) is 1.87. The Hall–Kier alpha value is -1.50. The molecule has 78 valence electrons. The van der Waals surface area contributed by atoms with Gasteiger partial charge in [-0.3, -0.25) is 0 Å². The van der Waals surface area contributed by atoms with E-state index in [1.165, 1.54) is 29.4 Å². The molecule has 1 heterocycles. The second-order valence-corrected chi connectivity index (χ2v) is 3.92. The summed E-state index contributed by atoms with van der Waals surface area (Å²) in [5, 5.41) is 1.32. The van der Waals surface area contributed by atoms with Gasteiger partial charge in [-0.25, -0.2) is 0 Å². The molecule has 0 aliphatic rings. The summed E-state index contributed by atoms with van der Waals surface area (Å²) >= 11 is 0. The van der Waals surface area contributed by atoms with Crippen LogP contribution in [-0.4, -0.2) is 4.98 Å². The predicted molar refractivity (Wildman–Crippen MR) is 66.1 cm³/mol. The van der Waals surface area contributed by atoms with Crippen molar-refractivity contribution < 1.29 is 0 Å². The maximum absolute atomic E-state index is 3.73. The average Bonchev–Trinajstić information content (AvgIpc) is 2.67. The van der Waals surface area contributed by atoms with Crippen molar-refractivity contribution in [2.75, 3.05) is 0 Å². The van der Waals surface area contributed by atoms with Crippen LogP contribution >= 0.6 is 0 Å². The molecule has 0 radical (unpaired) electrons. The zero-order chi connectivity index (χ0) is 10.5. The number of allylic oxidation sites excluding steroid dienone is 1. The summed E-state index contributed by atoms with van der Waals surface area (Å²) in [6.07, 6.45) is 6.73. The number of H-pyrrole nitrogens is 1. The molecule has 0 amide bonds. The monoisotopic (exact) mass is 199 g/mol. The highest BCUT2D eigenvalue weighted by Crippen LogP contribution is 2.16. The quantitative estimate of drug-likeness (QED) is 0.552. The van der Waals surface area contributed by atoms with E-state index >= 15 is 0 Å². The van der Waals surface area contributed by atoms with Gasteiger partial charge in [-0.15, -0.1) is 6.58 Å². The van der Waals surface area contributed by atoms with Crippen molar-refractivity contribution in [1.29, 1.82) is 0 Å². The highest BCUT2D eigenvalue weighted by atomic mass is 14.7. The number of aromatic amines is 1. The normalized spacial score (nSPS) is 10.7. The molecule has 1 heteroatoms. The third-order valence-electron chi connectivity index (χ3n) is 2.69. The van der Waals surface area contributed by atoms with Crippen molar-refractivity contribution in [3.8, 4) is 0 Å². The lowest BCUT2D eigenvalue weighted by Crippen LogP contribution is -1.84. The number of hydrogen-bond acceptors (Lipinski definition) is 0. The first kappa shape index (κ1) is 10.0. The Labute approximate surface area is 90.8 Å². The molecular formula is C14H17N. The van der Waals surface area contributed by atoms with E-state index in [0.29, 0.717) is 0 Å². The highest BCUT2D eigenvalue weighted by molar-refractivity contribution is 5.80. The zero-order valence-electron chi connectivity index (χ0n) is 9.00. The van der Waals surface area contributed by atoms with Gasteiger partial charge in [0.2, 0.25) is 0 Å². The minimum Gasteiger partial charge on any atom is -0.358 e. The number of nitrogens with one attached hydrogen (secondary N) is 1. The van der Waals surface area contributed by atoms with Crippen LogP contribution in [0.3, 0.4) is 0 Å². The summed E-state index contributed by atoms with van der Waals surface area (Å²) in [6, 6.07) is 10.7. The Morgan fingerprint density at radius 2 is 2.07 bits per heavy atom. The van der Waals surface area contributed by atoms with E-state index in [2.05, 4.69) is 41.9 Å². The van der Waals surface area contributed by atoms with Crippen molar-refractivity contribution >= 4 is 10.9 Å². The molecule has 1 aromatic carbocycles. The van der Waals surface area contributed by atoms with Crippen molar-refractivity contribution in [2.24, 2.45) is 0 Å². The number of aromatic nitrogens is 1. The number of rotatable bonds is 5. The Morgan fingerprint density at radius 1 is 1.20 bits per heavy atom. The van der Waals surface area contributed by atoms with Crippen molar-refractivity contribution in [1.82, 2.24) is 4.98 Å². The molecule has 0 bridgehead atoms. The van der Waals surface area contributed by atoms with Gasteiger partial charge in [0.05, 0.1) is 0 Å². The van der Waals surface area contributed by atoms with Gasteiger partial charge in [0.25, 0.3) is 0 Å². The van der Waals surface area contributed by atoms with Crippen LogP contribution in [0.5, 0.6) is 0 Å². The van der Waals surface area contributed by atoms with E-state index in [4.69, 9.17) is 0 Å². The van der Waals surface area contributed by atoms with Gasteiger partial charge in [-0.1, -0.05) is 24.3 Å². The third-order valence-corrected chi connectivity index (χ3v) is 2.69. The molecule has 1 nitrogen and oxygen atoms in total. The Kier molecular flexibility index (Phi) is 3.23. The number of benzene rings is 1. The van der Waals surface area contributed by atoms with Gasteiger partial charge >= 0.3 is 0 Å². The fraction of sp³-hybridized carbons (Fsp3) is 0.286. The average molecular weight is 199 g/mol. The molecule has 15 heavy (non-hydrogen) atoms. The van der Waals surface area contributed by atoms with Crippen LogP contribution in [0.1, 0.15) is 25.0 Å².